The van der Waals surface area contributed by atoms with Gasteiger partial charge in [0, 0.05) is 12.8 Å². The number of ether oxygens (including phenoxy) is 2. The minimum atomic E-state index is -4.42. The molecule has 0 aliphatic heterocycles. The fourth-order valence-corrected chi connectivity index (χ4v) is 6.16. The molecule has 0 aliphatic rings. The number of phosphoric ester groups is 1. The lowest BCUT2D eigenvalue weighted by molar-refractivity contribution is -0.870. The number of unbranched alkanes of at least 4 members (excludes halogenated alkanes) is 12. The van der Waals surface area contributed by atoms with Crippen molar-refractivity contribution in [3.63, 3.8) is 0 Å². The zero-order valence-electron chi connectivity index (χ0n) is 36.4. The van der Waals surface area contributed by atoms with E-state index in [1.54, 1.807) is 12.2 Å². The summed E-state index contributed by atoms with van der Waals surface area (Å²) >= 11 is 0. The van der Waals surface area contributed by atoms with Gasteiger partial charge in [0.15, 0.2) is 6.10 Å². The summed E-state index contributed by atoms with van der Waals surface area (Å²) in [6.45, 7) is 4.09. The van der Waals surface area contributed by atoms with Crippen LogP contribution in [-0.2, 0) is 32.7 Å². The molecule has 10 nitrogen and oxygen atoms in total. The number of esters is 2. The van der Waals surface area contributed by atoms with Gasteiger partial charge in [0.25, 0.3) is 0 Å². The van der Waals surface area contributed by atoms with E-state index in [0.717, 1.165) is 44.9 Å². The molecule has 0 aliphatic carbocycles. The molecular weight excluding hydrogens is 741 g/mol. The molecule has 0 spiro atoms. The van der Waals surface area contributed by atoms with E-state index in [9.17, 15) is 24.2 Å². The quantitative estimate of drug-likeness (QED) is 0.0156. The average molecular weight is 823 g/mol. The van der Waals surface area contributed by atoms with Crippen molar-refractivity contribution in [2.24, 2.45) is 0 Å². The Balaban J connectivity index is 4.58. The fourth-order valence-electron chi connectivity index (χ4n) is 5.42. The van der Waals surface area contributed by atoms with Crippen LogP contribution in [-0.4, -0.2) is 86.1 Å². The summed E-state index contributed by atoms with van der Waals surface area (Å²) < 4.78 is 34.1. The van der Waals surface area contributed by atoms with E-state index in [2.05, 4.69) is 50.3 Å². The molecule has 11 heteroatoms. The minimum Gasteiger partial charge on any atom is -0.462 e. The van der Waals surface area contributed by atoms with Gasteiger partial charge in [0.2, 0.25) is 0 Å². The number of hydrogen-bond donors (Lipinski definition) is 2. The Labute approximate surface area is 347 Å². The molecule has 0 amide bonds. The van der Waals surface area contributed by atoms with Gasteiger partial charge in [-0.05, 0) is 44.9 Å². The summed E-state index contributed by atoms with van der Waals surface area (Å²) in [5, 5.41) is 10.2. The second kappa shape index (κ2) is 37.7. The third-order valence-corrected chi connectivity index (χ3v) is 9.83. The van der Waals surface area contributed by atoms with E-state index in [4.69, 9.17) is 18.5 Å². The Morgan fingerprint density at radius 3 is 1.79 bits per heavy atom. The van der Waals surface area contributed by atoms with Gasteiger partial charge in [0.05, 0.1) is 33.9 Å². The number of rotatable bonds is 38. The first-order valence-corrected chi connectivity index (χ1v) is 23.3. The number of allylic oxidation sites excluding steroid dienone is 10. The lowest BCUT2D eigenvalue weighted by atomic mass is 10.0. The number of likely N-dealkylation sites (N-methyl/N-ethyl adjacent to an activating group) is 1. The Hall–Kier alpha value is -2.59. The summed E-state index contributed by atoms with van der Waals surface area (Å²) in [7, 11) is 1.37. The van der Waals surface area contributed by atoms with Crippen LogP contribution >= 0.6 is 7.82 Å². The molecule has 0 aromatic heterocycles. The predicted octanol–water partition coefficient (Wildman–Crippen LogP) is 11.2. The second-order valence-electron chi connectivity index (χ2n) is 15.6. The SMILES string of the molecule is CC/C=C\C/C=C\C/C=C\C/C=C\C=C/C(O)C/C=C\CCC(=O)OC[C@H](COP(=O)(O)OCC[N+](C)(C)C)OC(=O)CCCCCCCCCCCCCCC. The van der Waals surface area contributed by atoms with Crippen molar-refractivity contribution in [2.45, 2.75) is 161 Å². The maximum absolute atomic E-state index is 12.7. The molecular formula is C46H81NO9P+. The average Bonchev–Trinajstić information content (AvgIpc) is 3.15. The Kier molecular flexibility index (Phi) is 36.0. The van der Waals surface area contributed by atoms with E-state index < -0.39 is 38.6 Å². The third-order valence-electron chi connectivity index (χ3n) is 8.84. The highest BCUT2D eigenvalue weighted by Gasteiger charge is 2.27. The van der Waals surface area contributed by atoms with Gasteiger partial charge in [-0.1, -0.05) is 164 Å². The van der Waals surface area contributed by atoms with Gasteiger partial charge in [0.1, 0.15) is 19.8 Å². The normalized spacial score (nSPS) is 14.9. The molecule has 0 radical (unpaired) electrons. The minimum absolute atomic E-state index is 0.00187. The van der Waals surface area contributed by atoms with E-state index in [1.165, 1.54) is 57.8 Å². The van der Waals surface area contributed by atoms with Crippen molar-refractivity contribution >= 4 is 19.8 Å². The van der Waals surface area contributed by atoms with Crippen molar-refractivity contribution in [3.05, 3.63) is 72.9 Å². The molecule has 2 unspecified atom stereocenters. The zero-order valence-corrected chi connectivity index (χ0v) is 37.3. The van der Waals surface area contributed by atoms with Crippen molar-refractivity contribution in [3.8, 4) is 0 Å². The number of nitrogens with zero attached hydrogens (tertiary/aromatic N) is 1. The van der Waals surface area contributed by atoms with Gasteiger partial charge >= 0.3 is 19.8 Å². The molecule has 0 rings (SSSR count). The van der Waals surface area contributed by atoms with E-state index >= 15 is 0 Å². The third kappa shape index (κ3) is 41.4. The predicted molar refractivity (Wildman–Crippen MR) is 235 cm³/mol. The first kappa shape index (κ1) is 54.4. The molecule has 328 valence electrons. The molecule has 2 N–H and O–H groups in total. The summed E-state index contributed by atoms with van der Waals surface area (Å²) in [4.78, 5) is 35.3. The van der Waals surface area contributed by atoms with Gasteiger partial charge in [-0.3, -0.25) is 18.6 Å². The van der Waals surface area contributed by atoms with Crippen molar-refractivity contribution in [2.75, 3.05) is 47.5 Å². The van der Waals surface area contributed by atoms with Crippen LogP contribution in [0.15, 0.2) is 72.9 Å². The molecule has 57 heavy (non-hydrogen) atoms. The van der Waals surface area contributed by atoms with Crippen LogP contribution in [0.4, 0.5) is 0 Å². The van der Waals surface area contributed by atoms with Gasteiger partial charge in [-0.15, -0.1) is 0 Å². The van der Waals surface area contributed by atoms with Crippen molar-refractivity contribution in [1.82, 2.24) is 0 Å². The maximum Gasteiger partial charge on any atom is 0.472 e. The summed E-state index contributed by atoms with van der Waals surface area (Å²) in [6.07, 6.45) is 42.7. The van der Waals surface area contributed by atoms with E-state index in [-0.39, 0.29) is 26.1 Å². The first-order valence-electron chi connectivity index (χ1n) is 21.8. The van der Waals surface area contributed by atoms with Crippen LogP contribution in [0.25, 0.3) is 0 Å². The fraction of sp³-hybridized carbons (Fsp3) is 0.696. The number of hydrogen-bond acceptors (Lipinski definition) is 8. The molecule has 0 bridgehead atoms. The van der Waals surface area contributed by atoms with E-state index in [0.29, 0.717) is 30.3 Å². The number of phosphoric acid groups is 1. The molecule has 0 aromatic carbocycles. The lowest BCUT2D eigenvalue weighted by Gasteiger charge is -2.24. The van der Waals surface area contributed by atoms with E-state index in [1.807, 2.05) is 45.4 Å². The van der Waals surface area contributed by atoms with Crippen LogP contribution < -0.4 is 0 Å². The topological polar surface area (TPSA) is 129 Å². The van der Waals surface area contributed by atoms with Crippen LogP contribution in [0.2, 0.25) is 0 Å². The highest BCUT2D eigenvalue weighted by atomic mass is 31.2. The number of aliphatic hydroxyl groups excluding tert-OH is 1. The largest absolute Gasteiger partial charge is 0.472 e. The molecule has 3 atom stereocenters. The highest BCUT2D eigenvalue weighted by molar-refractivity contribution is 7.47. The van der Waals surface area contributed by atoms with Crippen LogP contribution in [0.3, 0.4) is 0 Å². The Morgan fingerprint density at radius 1 is 0.649 bits per heavy atom. The highest BCUT2D eigenvalue weighted by Crippen LogP contribution is 2.43. The molecule has 0 aromatic rings. The Morgan fingerprint density at radius 2 is 1.21 bits per heavy atom. The molecule has 0 fully saturated rings. The second-order valence-corrected chi connectivity index (χ2v) is 17.0. The first-order chi connectivity index (χ1) is 27.4. The summed E-state index contributed by atoms with van der Waals surface area (Å²) in [5.74, 6) is -0.984. The monoisotopic (exact) mass is 823 g/mol. The van der Waals surface area contributed by atoms with Crippen LogP contribution in [0.1, 0.15) is 149 Å². The van der Waals surface area contributed by atoms with Crippen molar-refractivity contribution in [1.29, 1.82) is 0 Å². The Bertz CT molecular complexity index is 1220. The number of aliphatic hydroxyl groups is 1. The maximum atomic E-state index is 12.7. The number of quaternary nitrogens is 1. The van der Waals surface area contributed by atoms with Gasteiger partial charge in [-0.2, -0.15) is 0 Å². The number of carbonyl (C=O) groups excluding carboxylic acids is 2. The molecule has 0 heterocycles. The standard InChI is InChI=1S/C46H80NO9P/c1-6-8-10-12-14-16-18-20-22-24-26-28-31-35-43(48)36-32-30-34-37-45(49)53-41-44(42-55-57(51,52)54-40-39-47(3,4)5)56-46(50)38-33-29-27-25-23-21-19-17-15-13-11-9-7-2/h8,10,14,16,20,22,26,28,30-32,35,43-44,48H,6-7,9,11-13,15,17-19,21,23-25,27,29,33-34,36-42H2,1-5H3/p+1/b10-8-,16-14-,22-20-,28-26-,32-30-,35-31-/t43?,44-/m1/s1. The molecule has 0 saturated heterocycles. The summed E-state index contributed by atoms with van der Waals surface area (Å²) in [5.41, 5.74) is 0. The lowest BCUT2D eigenvalue weighted by Crippen LogP contribution is -2.37. The number of carbonyl (C=O) groups is 2. The van der Waals surface area contributed by atoms with Crippen LogP contribution in [0.5, 0.6) is 0 Å². The van der Waals surface area contributed by atoms with Gasteiger partial charge in [-0.25, -0.2) is 4.57 Å². The molecule has 0 saturated carbocycles. The van der Waals surface area contributed by atoms with Crippen LogP contribution in [0, 0.1) is 0 Å². The van der Waals surface area contributed by atoms with Crippen molar-refractivity contribution < 1.29 is 47.2 Å². The smallest absolute Gasteiger partial charge is 0.462 e. The zero-order chi connectivity index (χ0) is 42.3. The van der Waals surface area contributed by atoms with Gasteiger partial charge < -0.3 is 24.0 Å². The summed E-state index contributed by atoms with van der Waals surface area (Å²) in [6, 6.07) is 0.